The zero-order valence-electron chi connectivity index (χ0n) is 11.2. The van der Waals surface area contributed by atoms with E-state index in [4.69, 9.17) is 26.2 Å². The number of halogens is 1. The van der Waals surface area contributed by atoms with Crippen molar-refractivity contribution >= 4 is 23.5 Å². The monoisotopic (exact) mass is 301 g/mol. The third kappa shape index (κ3) is 4.40. The number of carbonyl (C=O) groups excluding carboxylic acids is 1. The summed E-state index contributed by atoms with van der Waals surface area (Å²) in [6, 6.07) is 5.07. The number of rotatable bonds is 7. The molecule has 0 radical (unpaired) electrons. The number of methoxy groups -OCH3 is 2. The van der Waals surface area contributed by atoms with Gasteiger partial charge in [0, 0.05) is 17.7 Å². The molecule has 110 valence electrons. The molecule has 7 heteroatoms. The molecule has 2 N–H and O–H groups in total. The molecule has 0 fully saturated rings. The Morgan fingerprint density at radius 2 is 2.10 bits per heavy atom. The smallest absolute Gasteiger partial charge is 0.334 e. The molecular weight excluding hydrogens is 286 g/mol. The van der Waals surface area contributed by atoms with Gasteiger partial charge in [-0.2, -0.15) is 0 Å². The Kier molecular flexibility index (Phi) is 6.27. The number of carboxylic acid groups (broad SMARTS) is 1. The van der Waals surface area contributed by atoms with Gasteiger partial charge < -0.3 is 19.9 Å². The second-order valence-corrected chi connectivity index (χ2v) is 4.37. The van der Waals surface area contributed by atoms with Crippen LogP contribution in [0.25, 0.3) is 0 Å². The predicted molar refractivity (Wildman–Crippen MR) is 73.2 cm³/mol. The van der Waals surface area contributed by atoms with Crippen molar-refractivity contribution in [3.8, 4) is 5.75 Å². The van der Waals surface area contributed by atoms with E-state index in [1.165, 1.54) is 14.2 Å². The SMILES string of the molecule is COc1cccc(Cl)c1CC(=O)NCC(OC)C(=O)O. The lowest BCUT2D eigenvalue weighted by molar-refractivity contribution is -0.148. The van der Waals surface area contributed by atoms with E-state index in [0.717, 1.165) is 0 Å². The van der Waals surface area contributed by atoms with Crippen LogP contribution in [-0.4, -0.2) is 43.9 Å². The molecule has 1 atom stereocenters. The fourth-order valence-corrected chi connectivity index (χ4v) is 1.84. The molecule has 0 spiro atoms. The largest absolute Gasteiger partial charge is 0.496 e. The molecular formula is C13H16ClNO5. The van der Waals surface area contributed by atoms with E-state index in [-0.39, 0.29) is 18.9 Å². The number of aliphatic carboxylic acids is 1. The van der Waals surface area contributed by atoms with Gasteiger partial charge in [0.25, 0.3) is 0 Å². The van der Waals surface area contributed by atoms with Crippen LogP contribution in [0, 0.1) is 0 Å². The van der Waals surface area contributed by atoms with Crippen molar-refractivity contribution in [2.75, 3.05) is 20.8 Å². The second kappa shape index (κ2) is 7.72. The van der Waals surface area contributed by atoms with Gasteiger partial charge in [-0.1, -0.05) is 17.7 Å². The Balaban J connectivity index is 2.65. The van der Waals surface area contributed by atoms with Crippen LogP contribution < -0.4 is 10.1 Å². The fraction of sp³-hybridized carbons (Fsp3) is 0.385. The summed E-state index contributed by atoms with van der Waals surface area (Å²) in [4.78, 5) is 22.5. The molecule has 0 bridgehead atoms. The lowest BCUT2D eigenvalue weighted by atomic mass is 10.1. The summed E-state index contributed by atoms with van der Waals surface area (Å²) >= 11 is 6.01. The third-order valence-electron chi connectivity index (χ3n) is 2.68. The van der Waals surface area contributed by atoms with E-state index in [1.54, 1.807) is 18.2 Å². The molecule has 0 aromatic heterocycles. The summed E-state index contributed by atoms with van der Waals surface area (Å²) in [6.45, 7) is -0.114. The minimum absolute atomic E-state index is 0.00109. The zero-order chi connectivity index (χ0) is 15.1. The van der Waals surface area contributed by atoms with Crippen LogP contribution in [-0.2, 0) is 20.7 Å². The highest BCUT2D eigenvalue weighted by molar-refractivity contribution is 6.31. The fourth-order valence-electron chi connectivity index (χ4n) is 1.60. The van der Waals surface area contributed by atoms with Crippen LogP contribution in [0.2, 0.25) is 5.02 Å². The van der Waals surface area contributed by atoms with Crippen LogP contribution >= 0.6 is 11.6 Å². The van der Waals surface area contributed by atoms with Gasteiger partial charge in [-0.3, -0.25) is 4.79 Å². The number of benzene rings is 1. The summed E-state index contributed by atoms with van der Waals surface area (Å²) in [5, 5.41) is 11.7. The van der Waals surface area contributed by atoms with Gasteiger partial charge in [0.05, 0.1) is 20.1 Å². The summed E-state index contributed by atoms with van der Waals surface area (Å²) in [5.41, 5.74) is 0.554. The van der Waals surface area contributed by atoms with Gasteiger partial charge in [-0.15, -0.1) is 0 Å². The highest BCUT2D eigenvalue weighted by atomic mass is 35.5. The Hall–Kier alpha value is -1.79. The minimum Gasteiger partial charge on any atom is -0.496 e. The molecule has 0 saturated carbocycles. The number of carbonyl (C=O) groups is 2. The molecule has 1 aromatic carbocycles. The molecule has 0 aliphatic rings. The molecule has 0 saturated heterocycles. The van der Waals surface area contributed by atoms with Gasteiger partial charge in [-0.25, -0.2) is 4.79 Å². The van der Waals surface area contributed by atoms with Crippen molar-refractivity contribution < 1.29 is 24.2 Å². The molecule has 0 heterocycles. The predicted octanol–water partition coefficient (Wildman–Crippen LogP) is 1.11. The third-order valence-corrected chi connectivity index (χ3v) is 3.03. The molecule has 1 amide bonds. The average Bonchev–Trinajstić information content (AvgIpc) is 2.41. The highest BCUT2D eigenvalue weighted by Gasteiger charge is 2.18. The molecule has 1 aromatic rings. The van der Waals surface area contributed by atoms with E-state index in [1.807, 2.05) is 0 Å². The number of hydrogen-bond donors (Lipinski definition) is 2. The maximum absolute atomic E-state index is 11.8. The maximum atomic E-state index is 11.8. The standard InChI is InChI=1S/C13H16ClNO5/c1-19-10-5-3-4-9(14)8(10)6-12(16)15-7-11(20-2)13(17)18/h3-5,11H,6-7H2,1-2H3,(H,15,16)(H,17,18). The first-order valence-corrected chi connectivity index (χ1v) is 6.21. The minimum atomic E-state index is -1.14. The van der Waals surface area contributed by atoms with Crippen molar-refractivity contribution in [2.45, 2.75) is 12.5 Å². The Morgan fingerprint density at radius 1 is 1.40 bits per heavy atom. The Morgan fingerprint density at radius 3 is 2.65 bits per heavy atom. The molecule has 1 unspecified atom stereocenters. The van der Waals surface area contributed by atoms with Gasteiger partial charge in [-0.05, 0) is 12.1 Å². The summed E-state index contributed by atoms with van der Waals surface area (Å²) in [7, 11) is 2.75. The van der Waals surface area contributed by atoms with Crippen molar-refractivity contribution in [3.05, 3.63) is 28.8 Å². The van der Waals surface area contributed by atoms with Crippen LogP contribution in [0.5, 0.6) is 5.75 Å². The van der Waals surface area contributed by atoms with Crippen LogP contribution in [0.15, 0.2) is 18.2 Å². The molecule has 1 rings (SSSR count). The van der Waals surface area contributed by atoms with Gasteiger partial charge in [0.2, 0.25) is 5.91 Å². The van der Waals surface area contributed by atoms with Crippen LogP contribution in [0.1, 0.15) is 5.56 Å². The summed E-state index contributed by atoms with van der Waals surface area (Å²) in [6.07, 6.45) is -1.08. The highest BCUT2D eigenvalue weighted by Crippen LogP contribution is 2.26. The van der Waals surface area contributed by atoms with E-state index >= 15 is 0 Å². The van der Waals surface area contributed by atoms with E-state index in [9.17, 15) is 9.59 Å². The first-order chi connectivity index (χ1) is 9.49. The Bertz CT molecular complexity index is 492. The molecule has 0 aliphatic carbocycles. The van der Waals surface area contributed by atoms with Gasteiger partial charge in [0.15, 0.2) is 6.10 Å². The number of ether oxygens (including phenoxy) is 2. The molecule has 6 nitrogen and oxygen atoms in total. The lowest BCUT2D eigenvalue weighted by Crippen LogP contribution is -2.38. The number of nitrogens with one attached hydrogen (secondary N) is 1. The van der Waals surface area contributed by atoms with Gasteiger partial charge in [0.1, 0.15) is 5.75 Å². The average molecular weight is 302 g/mol. The number of carboxylic acids is 1. The van der Waals surface area contributed by atoms with Crippen LogP contribution in [0.4, 0.5) is 0 Å². The van der Waals surface area contributed by atoms with Crippen molar-refractivity contribution in [3.63, 3.8) is 0 Å². The molecule has 20 heavy (non-hydrogen) atoms. The van der Waals surface area contributed by atoms with E-state index in [0.29, 0.717) is 16.3 Å². The van der Waals surface area contributed by atoms with E-state index in [2.05, 4.69) is 5.32 Å². The number of amides is 1. The quantitative estimate of drug-likeness (QED) is 0.788. The topological polar surface area (TPSA) is 84.9 Å². The Labute approximate surface area is 121 Å². The summed E-state index contributed by atoms with van der Waals surface area (Å²) in [5.74, 6) is -0.989. The van der Waals surface area contributed by atoms with Gasteiger partial charge >= 0.3 is 5.97 Å². The lowest BCUT2D eigenvalue weighted by Gasteiger charge is -2.13. The van der Waals surface area contributed by atoms with Crippen molar-refractivity contribution in [1.82, 2.24) is 5.32 Å². The maximum Gasteiger partial charge on any atom is 0.334 e. The van der Waals surface area contributed by atoms with Crippen molar-refractivity contribution in [2.24, 2.45) is 0 Å². The second-order valence-electron chi connectivity index (χ2n) is 3.96. The molecule has 0 aliphatic heterocycles. The normalized spacial score (nSPS) is 11.8. The first-order valence-electron chi connectivity index (χ1n) is 5.83. The first kappa shape index (κ1) is 16.3. The summed E-state index contributed by atoms with van der Waals surface area (Å²) < 4.78 is 9.84. The number of hydrogen-bond acceptors (Lipinski definition) is 4. The van der Waals surface area contributed by atoms with Crippen molar-refractivity contribution in [1.29, 1.82) is 0 Å². The van der Waals surface area contributed by atoms with Crippen LogP contribution in [0.3, 0.4) is 0 Å². The van der Waals surface area contributed by atoms with E-state index < -0.39 is 12.1 Å². The zero-order valence-corrected chi connectivity index (χ0v) is 11.9.